The van der Waals surface area contributed by atoms with E-state index in [0.717, 1.165) is 0 Å². The number of rotatable bonds is 4. The summed E-state index contributed by atoms with van der Waals surface area (Å²) in [6, 6.07) is 4.00. The molecule has 0 saturated heterocycles. The van der Waals surface area contributed by atoms with Crippen molar-refractivity contribution in [1.82, 2.24) is 0 Å². The number of nitrogens with two attached hydrogens (primary N) is 2. The van der Waals surface area contributed by atoms with Crippen molar-refractivity contribution in [2.45, 2.75) is 12.5 Å². The van der Waals surface area contributed by atoms with E-state index in [1.165, 1.54) is 12.1 Å². The van der Waals surface area contributed by atoms with Crippen LogP contribution in [0.25, 0.3) is 0 Å². The average molecular weight is 247 g/mol. The van der Waals surface area contributed by atoms with Gasteiger partial charge in [-0.2, -0.15) is 0 Å². The molecule has 0 fully saturated rings. The van der Waals surface area contributed by atoms with Gasteiger partial charge in [-0.3, -0.25) is 0 Å². The van der Waals surface area contributed by atoms with E-state index in [0.29, 0.717) is 18.5 Å². The van der Waals surface area contributed by atoms with E-state index in [1.54, 1.807) is 6.07 Å². The fourth-order valence-corrected chi connectivity index (χ4v) is 1.30. The van der Waals surface area contributed by atoms with Crippen LogP contribution in [0.5, 0.6) is 5.75 Å². The minimum Gasteiger partial charge on any atom is -0.507 e. The van der Waals surface area contributed by atoms with Crippen molar-refractivity contribution < 1.29 is 15.0 Å². The quantitative estimate of drug-likeness (QED) is 0.630. The molecular weight excluding hydrogens is 232 g/mol. The normalized spacial score (nSPS) is 11.6. The van der Waals surface area contributed by atoms with Crippen molar-refractivity contribution >= 4 is 18.4 Å². The molecule has 1 aromatic carbocycles. The van der Waals surface area contributed by atoms with Crippen LogP contribution in [0.4, 0.5) is 0 Å². The largest absolute Gasteiger partial charge is 0.507 e. The van der Waals surface area contributed by atoms with Crippen LogP contribution in [0.1, 0.15) is 28.4 Å². The number of phenols is 1. The van der Waals surface area contributed by atoms with Crippen LogP contribution < -0.4 is 11.5 Å². The van der Waals surface area contributed by atoms with Gasteiger partial charge in [0.15, 0.2) is 0 Å². The van der Waals surface area contributed by atoms with E-state index in [1.807, 2.05) is 0 Å². The van der Waals surface area contributed by atoms with Gasteiger partial charge in [0.1, 0.15) is 11.3 Å². The summed E-state index contributed by atoms with van der Waals surface area (Å²) in [7, 11) is 0. The molecule has 5 nitrogen and oxygen atoms in total. The molecule has 6 N–H and O–H groups in total. The molecule has 0 unspecified atom stereocenters. The van der Waals surface area contributed by atoms with E-state index in [4.69, 9.17) is 16.6 Å². The van der Waals surface area contributed by atoms with Crippen molar-refractivity contribution in [3.63, 3.8) is 0 Å². The van der Waals surface area contributed by atoms with Crippen LogP contribution in [0.2, 0.25) is 0 Å². The van der Waals surface area contributed by atoms with Crippen molar-refractivity contribution in [2.75, 3.05) is 6.54 Å². The van der Waals surface area contributed by atoms with Gasteiger partial charge in [-0.15, -0.1) is 12.4 Å². The lowest BCUT2D eigenvalue weighted by molar-refractivity contribution is 0.0693. The van der Waals surface area contributed by atoms with E-state index in [9.17, 15) is 9.90 Å². The highest BCUT2D eigenvalue weighted by Gasteiger charge is 2.13. The van der Waals surface area contributed by atoms with Crippen molar-refractivity contribution in [3.8, 4) is 5.75 Å². The number of benzene rings is 1. The van der Waals surface area contributed by atoms with Gasteiger partial charge < -0.3 is 21.7 Å². The molecule has 90 valence electrons. The van der Waals surface area contributed by atoms with E-state index in [2.05, 4.69) is 0 Å². The zero-order valence-electron chi connectivity index (χ0n) is 8.59. The molecule has 0 bridgehead atoms. The first kappa shape index (κ1) is 14.7. The van der Waals surface area contributed by atoms with Gasteiger partial charge in [-0.1, -0.05) is 6.07 Å². The van der Waals surface area contributed by atoms with Crippen LogP contribution in [0.3, 0.4) is 0 Å². The number of aromatic carboxylic acids is 1. The van der Waals surface area contributed by atoms with Crippen molar-refractivity contribution in [1.29, 1.82) is 0 Å². The number of hydrogen-bond donors (Lipinski definition) is 4. The maximum atomic E-state index is 10.7. The number of halogens is 1. The van der Waals surface area contributed by atoms with E-state index >= 15 is 0 Å². The number of carboxylic acids is 1. The van der Waals surface area contributed by atoms with Crippen LogP contribution in [0, 0.1) is 0 Å². The second kappa shape index (κ2) is 6.32. The number of hydrogen-bond acceptors (Lipinski definition) is 4. The summed E-state index contributed by atoms with van der Waals surface area (Å²) in [4.78, 5) is 10.7. The molecule has 0 spiro atoms. The summed E-state index contributed by atoms with van der Waals surface area (Å²) in [6.07, 6.45) is 0.573. The molecule has 0 aliphatic rings. The Balaban J connectivity index is 0.00000225. The van der Waals surface area contributed by atoms with Gasteiger partial charge in [-0.25, -0.2) is 4.79 Å². The highest BCUT2D eigenvalue weighted by Crippen LogP contribution is 2.22. The highest BCUT2D eigenvalue weighted by atomic mass is 35.5. The molecule has 1 rings (SSSR count). The SMILES string of the molecule is Cl.NCC[C@H](N)c1ccc(O)c(C(=O)O)c1. The molecule has 16 heavy (non-hydrogen) atoms. The first-order valence-corrected chi connectivity index (χ1v) is 4.58. The summed E-state index contributed by atoms with van der Waals surface area (Å²) in [5.41, 5.74) is 11.6. The number of carboxylic acid groups (broad SMARTS) is 1. The summed E-state index contributed by atoms with van der Waals surface area (Å²) in [5, 5.41) is 18.0. The molecule has 0 aliphatic carbocycles. The second-order valence-corrected chi connectivity index (χ2v) is 3.27. The summed E-state index contributed by atoms with van der Waals surface area (Å²) >= 11 is 0. The third kappa shape index (κ3) is 3.37. The minimum absolute atomic E-state index is 0. The maximum Gasteiger partial charge on any atom is 0.339 e. The standard InChI is InChI=1S/C10H14N2O3.ClH/c11-4-3-8(12)6-1-2-9(13)7(5-6)10(14)15;/h1-2,5,8,13H,3-4,11-12H2,(H,14,15);1H/t8-;/m0./s1. The predicted octanol–water partition coefficient (Wildman–Crippen LogP) is 0.861. The third-order valence-electron chi connectivity index (χ3n) is 2.16. The van der Waals surface area contributed by atoms with E-state index < -0.39 is 5.97 Å². The Morgan fingerprint density at radius 1 is 1.44 bits per heavy atom. The Morgan fingerprint density at radius 3 is 2.56 bits per heavy atom. The van der Waals surface area contributed by atoms with Crippen LogP contribution >= 0.6 is 12.4 Å². The molecule has 0 aliphatic heterocycles. The molecule has 0 radical (unpaired) electrons. The Hall–Kier alpha value is -1.30. The van der Waals surface area contributed by atoms with Crippen LogP contribution in [-0.4, -0.2) is 22.7 Å². The lowest BCUT2D eigenvalue weighted by atomic mass is 10.0. The third-order valence-corrected chi connectivity index (χ3v) is 2.16. The molecule has 1 aromatic rings. The molecule has 6 heteroatoms. The van der Waals surface area contributed by atoms with Gasteiger partial charge in [0.25, 0.3) is 0 Å². The molecular formula is C10H15ClN2O3. The summed E-state index contributed by atoms with van der Waals surface area (Å²) in [6.45, 7) is 0.435. The fourth-order valence-electron chi connectivity index (χ4n) is 1.30. The first-order valence-electron chi connectivity index (χ1n) is 4.58. The maximum absolute atomic E-state index is 10.7. The van der Waals surface area contributed by atoms with Gasteiger partial charge in [-0.05, 0) is 30.7 Å². The molecule has 1 atom stereocenters. The lowest BCUT2D eigenvalue weighted by Gasteiger charge is -2.11. The van der Waals surface area contributed by atoms with Crippen LogP contribution in [0.15, 0.2) is 18.2 Å². The second-order valence-electron chi connectivity index (χ2n) is 3.27. The molecule has 0 heterocycles. The zero-order valence-corrected chi connectivity index (χ0v) is 9.41. The smallest absolute Gasteiger partial charge is 0.339 e. The topological polar surface area (TPSA) is 110 Å². The van der Waals surface area contributed by atoms with Gasteiger partial charge >= 0.3 is 5.97 Å². The zero-order chi connectivity index (χ0) is 11.4. The van der Waals surface area contributed by atoms with Crippen molar-refractivity contribution in [2.24, 2.45) is 11.5 Å². The summed E-state index contributed by atoms with van der Waals surface area (Å²) in [5.74, 6) is -1.43. The van der Waals surface area contributed by atoms with E-state index in [-0.39, 0.29) is 29.8 Å². The molecule has 0 aromatic heterocycles. The average Bonchev–Trinajstić information content (AvgIpc) is 2.18. The van der Waals surface area contributed by atoms with Gasteiger partial charge in [0, 0.05) is 6.04 Å². The fraction of sp³-hybridized carbons (Fsp3) is 0.300. The minimum atomic E-state index is -1.17. The van der Waals surface area contributed by atoms with Gasteiger partial charge in [0.05, 0.1) is 0 Å². The Bertz CT molecular complexity index is 371. The number of carbonyl (C=O) groups is 1. The number of aromatic hydroxyl groups is 1. The molecule has 0 saturated carbocycles. The Kier molecular flexibility index (Phi) is 5.81. The Morgan fingerprint density at radius 2 is 2.06 bits per heavy atom. The van der Waals surface area contributed by atoms with Crippen LogP contribution in [-0.2, 0) is 0 Å². The predicted molar refractivity (Wildman–Crippen MR) is 62.9 cm³/mol. The monoisotopic (exact) mass is 246 g/mol. The van der Waals surface area contributed by atoms with Crippen molar-refractivity contribution in [3.05, 3.63) is 29.3 Å². The Labute approximate surface area is 99.5 Å². The lowest BCUT2D eigenvalue weighted by Crippen LogP contribution is -2.15. The highest BCUT2D eigenvalue weighted by molar-refractivity contribution is 5.90. The summed E-state index contributed by atoms with van der Waals surface area (Å²) < 4.78 is 0. The van der Waals surface area contributed by atoms with Gasteiger partial charge in [0.2, 0.25) is 0 Å². The first-order chi connectivity index (χ1) is 7.06. The molecule has 0 amide bonds.